The van der Waals surface area contributed by atoms with E-state index in [1.54, 1.807) is 6.21 Å². The van der Waals surface area contributed by atoms with Crippen LogP contribution < -0.4 is 5.43 Å². The van der Waals surface area contributed by atoms with Crippen LogP contribution in [0, 0.1) is 30.9 Å². The number of carbonyl (C=O) groups excluding carboxylic acids is 1. The van der Waals surface area contributed by atoms with E-state index < -0.39 is 10.8 Å². The summed E-state index contributed by atoms with van der Waals surface area (Å²) in [7, 11) is 0. The predicted molar refractivity (Wildman–Crippen MR) is 88.8 cm³/mol. The van der Waals surface area contributed by atoms with Crippen LogP contribution in [0.25, 0.3) is 0 Å². The largest absolute Gasteiger partial charge is 0.271 e. The molecule has 2 rings (SSSR count). The van der Waals surface area contributed by atoms with Crippen molar-refractivity contribution < 1.29 is 9.72 Å². The molecular formula is C17H17N3O3. The van der Waals surface area contributed by atoms with Crippen LogP contribution in [0.2, 0.25) is 0 Å². The molecular weight excluding hydrogens is 294 g/mol. The van der Waals surface area contributed by atoms with Crippen molar-refractivity contribution >= 4 is 17.8 Å². The third-order valence-corrected chi connectivity index (χ3v) is 3.81. The first-order valence-corrected chi connectivity index (χ1v) is 7.05. The number of rotatable bonds is 4. The van der Waals surface area contributed by atoms with E-state index in [9.17, 15) is 14.9 Å². The first-order valence-electron chi connectivity index (χ1n) is 7.05. The Morgan fingerprint density at radius 3 is 2.35 bits per heavy atom. The highest BCUT2D eigenvalue weighted by Crippen LogP contribution is 2.15. The summed E-state index contributed by atoms with van der Waals surface area (Å²) < 4.78 is 0. The number of non-ortho nitro benzene ring substituents is 1. The maximum Gasteiger partial charge on any atom is 0.271 e. The van der Waals surface area contributed by atoms with Gasteiger partial charge in [-0.15, -0.1) is 0 Å². The molecule has 6 heteroatoms. The number of hydrazone groups is 1. The normalized spacial score (nSPS) is 10.7. The van der Waals surface area contributed by atoms with Gasteiger partial charge in [-0.25, -0.2) is 5.43 Å². The van der Waals surface area contributed by atoms with Crippen LogP contribution in [0.15, 0.2) is 41.5 Å². The molecule has 0 heterocycles. The minimum Gasteiger partial charge on any atom is -0.267 e. The van der Waals surface area contributed by atoms with Crippen molar-refractivity contribution in [3.05, 3.63) is 74.3 Å². The molecule has 2 aromatic rings. The molecule has 0 aromatic heterocycles. The summed E-state index contributed by atoms with van der Waals surface area (Å²) in [6.45, 7) is 6.08. The molecule has 118 valence electrons. The third kappa shape index (κ3) is 3.79. The van der Waals surface area contributed by atoms with E-state index in [1.165, 1.54) is 35.4 Å². The average molecular weight is 311 g/mol. The van der Waals surface area contributed by atoms with Crippen molar-refractivity contribution in [2.45, 2.75) is 20.8 Å². The Labute approximate surface area is 134 Å². The number of amides is 1. The summed E-state index contributed by atoms with van der Waals surface area (Å²) in [6.07, 6.45) is 1.59. The number of hydrogen-bond donors (Lipinski definition) is 1. The number of carbonyl (C=O) groups is 1. The van der Waals surface area contributed by atoms with Crippen LogP contribution in [0.1, 0.15) is 32.6 Å². The van der Waals surface area contributed by atoms with Gasteiger partial charge in [-0.3, -0.25) is 14.9 Å². The number of nitrogens with zero attached hydrogens (tertiary/aromatic N) is 2. The molecule has 0 radical (unpaired) electrons. The van der Waals surface area contributed by atoms with Gasteiger partial charge in [0.2, 0.25) is 0 Å². The summed E-state index contributed by atoms with van der Waals surface area (Å²) in [6, 6.07) is 9.30. The zero-order valence-electron chi connectivity index (χ0n) is 13.2. The Morgan fingerprint density at radius 1 is 1.09 bits per heavy atom. The van der Waals surface area contributed by atoms with Gasteiger partial charge in [-0.05, 0) is 55.2 Å². The highest BCUT2D eigenvalue weighted by atomic mass is 16.6. The lowest BCUT2D eigenvalue weighted by Gasteiger charge is -2.07. The highest BCUT2D eigenvalue weighted by molar-refractivity contribution is 5.95. The van der Waals surface area contributed by atoms with Gasteiger partial charge in [-0.2, -0.15) is 5.10 Å². The van der Waals surface area contributed by atoms with Crippen molar-refractivity contribution in [2.75, 3.05) is 0 Å². The fraction of sp³-hybridized carbons (Fsp3) is 0.176. The van der Waals surface area contributed by atoms with Gasteiger partial charge >= 0.3 is 0 Å². The van der Waals surface area contributed by atoms with Crippen molar-refractivity contribution in [2.24, 2.45) is 5.10 Å². The van der Waals surface area contributed by atoms with Crippen LogP contribution in [0.4, 0.5) is 5.69 Å². The van der Waals surface area contributed by atoms with E-state index in [1.807, 2.05) is 32.9 Å². The second kappa shape index (κ2) is 6.83. The predicted octanol–water partition coefficient (Wildman–Crippen LogP) is 3.28. The Morgan fingerprint density at radius 2 is 1.74 bits per heavy atom. The number of hydrogen-bond acceptors (Lipinski definition) is 4. The SMILES string of the molecule is Cc1ccc(/C=N\NC(=O)c2ccc([N+](=O)[O-])cc2)c(C)c1C. The molecule has 0 spiro atoms. The fourth-order valence-electron chi connectivity index (χ4n) is 2.08. The Balaban J connectivity index is 2.07. The first kappa shape index (κ1) is 16.4. The van der Waals surface area contributed by atoms with Gasteiger partial charge in [0, 0.05) is 17.7 Å². The van der Waals surface area contributed by atoms with Crippen molar-refractivity contribution in [1.29, 1.82) is 0 Å². The smallest absolute Gasteiger partial charge is 0.267 e. The molecule has 0 saturated heterocycles. The molecule has 0 aliphatic carbocycles. The molecule has 0 unspecified atom stereocenters. The van der Waals surface area contributed by atoms with Gasteiger partial charge in [-0.1, -0.05) is 12.1 Å². The maximum absolute atomic E-state index is 11.9. The summed E-state index contributed by atoms with van der Waals surface area (Å²) >= 11 is 0. The zero-order chi connectivity index (χ0) is 17.0. The van der Waals surface area contributed by atoms with Crippen molar-refractivity contribution in [3.63, 3.8) is 0 Å². The van der Waals surface area contributed by atoms with E-state index >= 15 is 0 Å². The topological polar surface area (TPSA) is 84.6 Å². The van der Waals surface area contributed by atoms with Crippen LogP contribution in [-0.2, 0) is 0 Å². The van der Waals surface area contributed by atoms with E-state index in [-0.39, 0.29) is 5.69 Å². The molecule has 1 N–H and O–H groups in total. The van der Waals surface area contributed by atoms with Gasteiger partial charge in [0.1, 0.15) is 0 Å². The maximum atomic E-state index is 11.9. The van der Waals surface area contributed by atoms with E-state index in [0.717, 1.165) is 11.1 Å². The number of aryl methyl sites for hydroxylation is 1. The minimum atomic E-state index is -0.512. The van der Waals surface area contributed by atoms with Gasteiger partial charge in [0.05, 0.1) is 11.1 Å². The second-order valence-corrected chi connectivity index (χ2v) is 5.22. The average Bonchev–Trinajstić information content (AvgIpc) is 2.54. The molecule has 2 aromatic carbocycles. The fourth-order valence-corrected chi connectivity index (χ4v) is 2.08. The van der Waals surface area contributed by atoms with Crippen LogP contribution >= 0.6 is 0 Å². The van der Waals surface area contributed by atoms with Gasteiger partial charge < -0.3 is 0 Å². The van der Waals surface area contributed by atoms with Crippen LogP contribution in [-0.4, -0.2) is 17.0 Å². The van der Waals surface area contributed by atoms with Gasteiger partial charge in [0.25, 0.3) is 11.6 Å². The van der Waals surface area contributed by atoms with Crippen molar-refractivity contribution in [3.8, 4) is 0 Å². The molecule has 0 fully saturated rings. The molecule has 0 aliphatic heterocycles. The van der Waals surface area contributed by atoms with Crippen LogP contribution in [0.5, 0.6) is 0 Å². The second-order valence-electron chi connectivity index (χ2n) is 5.22. The summed E-state index contributed by atoms with van der Waals surface area (Å²) in [4.78, 5) is 22.0. The first-order chi connectivity index (χ1) is 10.9. The number of benzene rings is 2. The highest BCUT2D eigenvalue weighted by Gasteiger charge is 2.08. The van der Waals surface area contributed by atoms with Gasteiger partial charge in [0.15, 0.2) is 0 Å². The number of nitro benzene ring substituents is 1. The minimum absolute atomic E-state index is 0.0594. The Hall–Kier alpha value is -3.02. The molecule has 0 aliphatic rings. The quantitative estimate of drug-likeness (QED) is 0.534. The number of nitrogens with one attached hydrogen (secondary N) is 1. The summed E-state index contributed by atoms with van der Waals surface area (Å²) in [5, 5.41) is 14.5. The lowest BCUT2D eigenvalue weighted by Crippen LogP contribution is -2.17. The Bertz CT molecular complexity index is 780. The molecule has 0 bridgehead atoms. The third-order valence-electron chi connectivity index (χ3n) is 3.81. The zero-order valence-corrected chi connectivity index (χ0v) is 13.2. The van der Waals surface area contributed by atoms with Crippen molar-refractivity contribution in [1.82, 2.24) is 5.43 Å². The van der Waals surface area contributed by atoms with Crippen LogP contribution in [0.3, 0.4) is 0 Å². The molecule has 6 nitrogen and oxygen atoms in total. The lowest BCUT2D eigenvalue weighted by atomic mass is 10.00. The molecule has 0 saturated carbocycles. The lowest BCUT2D eigenvalue weighted by molar-refractivity contribution is -0.384. The molecule has 1 amide bonds. The van der Waals surface area contributed by atoms with E-state index in [0.29, 0.717) is 5.56 Å². The molecule has 0 atom stereocenters. The Kier molecular flexibility index (Phi) is 4.85. The standard InChI is InChI=1S/C17H17N3O3/c1-11-4-5-15(13(3)12(11)2)10-18-19-17(21)14-6-8-16(9-7-14)20(22)23/h4-10H,1-3H3,(H,19,21)/b18-10-. The van der Waals surface area contributed by atoms with E-state index in [2.05, 4.69) is 10.5 Å². The van der Waals surface area contributed by atoms with E-state index in [4.69, 9.17) is 0 Å². The monoisotopic (exact) mass is 311 g/mol. The summed E-state index contributed by atoms with van der Waals surface area (Å²) in [5.41, 5.74) is 7.10. The number of nitro groups is 1. The molecule has 23 heavy (non-hydrogen) atoms. The summed E-state index contributed by atoms with van der Waals surface area (Å²) in [5.74, 6) is -0.419.